The van der Waals surface area contributed by atoms with Gasteiger partial charge in [0.2, 0.25) is 0 Å². The number of aromatic nitrogens is 3. The Labute approximate surface area is 151 Å². The van der Waals surface area contributed by atoms with Gasteiger partial charge in [-0.15, -0.1) is 5.10 Å². The largest absolute Gasteiger partial charge is 0.481 e. The fourth-order valence-corrected chi connectivity index (χ4v) is 4.40. The van der Waals surface area contributed by atoms with Gasteiger partial charge in [-0.2, -0.15) is 4.68 Å². The van der Waals surface area contributed by atoms with Crippen molar-refractivity contribution in [1.82, 2.24) is 15.0 Å². The van der Waals surface area contributed by atoms with Crippen molar-refractivity contribution in [3.8, 4) is 5.75 Å². The monoisotopic (exact) mass is 487 g/mol. The average molecular weight is 490 g/mol. The Morgan fingerprint density at radius 2 is 1.82 bits per heavy atom. The van der Waals surface area contributed by atoms with Gasteiger partial charge >= 0.3 is 0 Å². The van der Waals surface area contributed by atoms with E-state index in [9.17, 15) is 4.79 Å². The van der Waals surface area contributed by atoms with E-state index < -0.39 is 0 Å². The van der Waals surface area contributed by atoms with E-state index in [2.05, 4.69) is 58.1 Å². The number of ether oxygens (including phenoxy) is 1. The summed E-state index contributed by atoms with van der Waals surface area (Å²) in [5.41, 5.74) is 1.33. The van der Waals surface area contributed by atoms with Crippen LogP contribution >= 0.6 is 47.8 Å². The highest BCUT2D eigenvalue weighted by molar-refractivity contribution is 9.11. The Morgan fingerprint density at radius 1 is 1.14 bits per heavy atom. The molecule has 22 heavy (non-hydrogen) atoms. The van der Waals surface area contributed by atoms with E-state index in [4.69, 9.17) is 4.74 Å². The highest BCUT2D eigenvalue weighted by Crippen LogP contribution is 2.36. The summed E-state index contributed by atoms with van der Waals surface area (Å²) in [6, 6.07) is 11.0. The number of rotatable bonds is 3. The van der Waals surface area contributed by atoms with Crippen LogP contribution in [-0.2, 0) is 0 Å². The van der Waals surface area contributed by atoms with Crippen LogP contribution in [0.5, 0.6) is 5.75 Å². The summed E-state index contributed by atoms with van der Waals surface area (Å²) in [7, 11) is 0. The fraction of sp³-hybridized carbons (Fsp3) is 0.0714. The highest BCUT2D eigenvalue weighted by Gasteiger charge is 2.15. The fourth-order valence-electron chi connectivity index (χ4n) is 1.92. The van der Waals surface area contributed by atoms with Crippen LogP contribution < -0.4 is 4.74 Å². The van der Waals surface area contributed by atoms with Gasteiger partial charge in [0, 0.05) is 4.47 Å². The second kappa shape index (κ2) is 6.47. The number of halogens is 3. The van der Waals surface area contributed by atoms with Gasteiger partial charge < -0.3 is 4.74 Å². The molecular formula is C14H8Br3N3O2. The predicted molar refractivity (Wildman–Crippen MR) is 93.2 cm³/mol. The second-order valence-electron chi connectivity index (χ2n) is 4.37. The van der Waals surface area contributed by atoms with E-state index in [1.165, 1.54) is 4.68 Å². The first kappa shape index (κ1) is 15.6. The maximum Gasteiger partial charge on any atom is 0.286 e. The molecule has 0 saturated carbocycles. The maximum atomic E-state index is 12.3. The molecule has 0 radical (unpaired) electrons. The molecule has 0 unspecified atom stereocenters. The van der Waals surface area contributed by atoms with Gasteiger partial charge in [0.25, 0.3) is 5.91 Å². The Morgan fingerprint density at radius 3 is 2.55 bits per heavy atom. The predicted octanol–water partition coefficient (Wildman–Crippen LogP) is 4.44. The molecule has 2 aromatic carbocycles. The van der Waals surface area contributed by atoms with Crippen molar-refractivity contribution in [3.63, 3.8) is 0 Å². The molecule has 5 nitrogen and oxygen atoms in total. The summed E-state index contributed by atoms with van der Waals surface area (Å²) >= 11 is 10.2. The van der Waals surface area contributed by atoms with Crippen molar-refractivity contribution < 1.29 is 9.53 Å². The van der Waals surface area contributed by atoms with E-state index in [1.54, 1.807) is 12.1 Å². The SMILES string of the molecule is O=C(COc1c(Br)cc(Br)cc1Br)n1nnc2ccccc21. The van der Waals surface area contributed by atoms with Crippen LogP contribution in [0.3, 0.4) is 0 Å². The van der Waals surface area contributed by atoms with Gasteiger partial charge in [-0.1, -0.05) is 33.3 Å². The lowest BCUT2D eigenvalue weighted by atomic mass is 10.3. The lowest BCUT2D eigenvalue weighted by molar-refractivity contribution is 0.0823. The standard InChI is InChI=1S/C14H8Br3N3O2/c15-8-5-9(16)14(10(17)6-8)22-7-13(21)20-12-4-2-1-3-11(12)18-19-20/h1-6H,7H2. The first-order chi connectivity index (χ1) is 10.6. The van der Waals surface area contributed by atoms with Gasteiger partial charge in [0.05, 0.1) is 14.5 Å². The zero-order chi connectivity index (χ0) is 15.7. The second-order valence-corrected chi connectivity index (χ2v) is 7.00. The first-order valence-electron chi connectivity index (χ1n) is 6.17. The van der Waals surface area contributed by atoms with Gasteiger partial charge in [0.15, 0.2) is 6.61 Å². The molecule has 0 saturated heterocycles. The smallest absolute Gasteiger partial charge is 0.286 e. The Bertz CT molecular complexity index is 840. The molecule has 3 rings (SSSR count). The van der Waals surface area contributed by atoms with E-state index in [0.29, 0.717) is 16.8 Å². The van der Waals surface area contributed by atoms with Gasteiger partial charge in [-0.05, 0) is 56.1 Å². The molecule has 112 valence electrons. The summed E-state index contributed by atoms with van der Waals surface area (Å²) in [6.45, 7) is -0.147. The van der Waals surface area contributed by atoms with Crippen LogP contribution in [0.2, 0.25) is 0 Å². The summed E-state index contributed by atoms with van der Waals surface area (Å²) in [6.07, 6.45) is 0. The molecule has 0 aliphatic carbocycles. The van der Waals surface area contributed by atoms with Crippen molar-refractivity contribution in [2.75, 3.05) is 6.61 Å². The quantitative estimate of drug-likeness (QED) is 0.546. The normalized spacial score (nSPS) is 10.9. The van der Waals surface area contributed by atoms with E-state index in [-0.39, 0.29) is 12.5 Å². The van der Waals surface area contributed by atoms with Crippen molar-refractivity contribution in [1.29, 1.82) is 0 Å². The van der Waals surface area contributed by atoms with Crippen molar-refractivity contribution in [3.05, 3.63) is 49.8 Å². The third-order valence-electron chi connectivity index (χ3n) is 2.89. The average Bonchev–Trinajstić information content (AvgIpc) is 2.90. The zero-order valence-corrected chi connectivity index (χ0v) is 15.7. The third-order valence-corrected chi connectivity index (χ3v) is 4.53. The van der Waals surface area contributed by atoms with Gasteiger partial charge in [0.1, 0.15) is 11.3 Å². The number of fused-ring (bicyclic) bond motifs is 1. The molecule has 0 aliphatic heterocycles. The van der Waals surface area contributed by atoms with E-state index in [1.807, 2.05) is 24.3 Å². The Kier molecular flexibility index (Phi) is 4.60. The molecule has 1 aromatic heterocycles. The van der Waals surface area contributed by atoms with Crippen LogP contribution in [0.1, 0.15) is 4.79 Å². The van der Waals surface area contributed by atoms with E-state index in [0.717, 1.165) is 13.4 Å². The maximum absolute atomic E-state index is 12.3. The minimum atomic E-state index is -0.296. The van der Waals surface area contributed by atoms with Crippen LogP contribution in [0.15, 0.2) is 49.8 Å². The Hall–Kier alpha value is -1.25. The lowest BCUT2D eigenvalue weighted by Gasteiger charge is -2.10. The number of nitrogens with zero attached hydrogens (tertiary/aromatic N) is 3. The number of carbonyl (C=O) groups excluding carboxylic acids is 1. The topological polar surface area (TPSA) is 57.0 Å². The summed E-state index contributed by atoms with van der Waals surface area (Å²) < 4.78 is 9.23. The minimum absolute atomic E-state index is 0.147. The molecule has 0 aliphatic rings. The van der Waals surface area contributed by atoms with Crippen molar-refractivity contribution >= 4 is 64.7 Å². The summed E-state index contributed by atoms with van der Waals surface area (Å²) in [4.78, 5) is 12.3. The number of benzene rings is 2. The third kappa shape index (κ3) is 3.09. The lowest BCUT2D eigenvalue weighted by Crippen LogP contribution is -2.20. The summed E-state index contributed by atoms with van der Waals surface area (Å²) in [5.74, 6) is 0.261. The number of hydrogen-bond acceptors (Lipinski definition) is 4. The number of carbonyl (C=O) groups is 1. The molecule has 3 aromatic rings. The van der Waals surface area contributed by atoms with Crippen LogP contribution in [0, 0.1) is 0 Å². The van der Waals surface area contributed by atoms with Crippen LogP contribution in [0.4, 0.5) is 0 Å². The van der Waals surface area contributed by atoms with E-state index >= 15 is 0 Å². The molecular weight excluding hydrogens is 482 g/mol. The molecule has 0 fully saturated rings. The molecule has 0 atom stereocenters. The first-order valence-corrected chi connectivity index (χ1v) is 8.55. The molecule has 8 heteroatoms. The molecule has 0 spiro atoms. The Balaban J connectivity index is 1.81. The van der Waals surface area contributed by atoms with Crippen LogP contribution in [0.25, 0.3) is 11.0 Å². The highest BCUT2D eigenvalue weighted by atomic mass is 79.9. The van der Waals surface area contributed by atoms with Gasteiger partial charge in [-0.3, -0.25) is 4.79 Å². The molecule has 0 amide bonds. The van der Waals surface area contributed by atoms with Gasteiger partial charge in [-0.25, -0.2) is 0 Å². The minimum Gasteiger partial charge on any atom is -0.481 e. The van der Waals surface area contributed by atoms with Crippen molar-refractivity contribution in [2.45, 2.75) is 0 Å². The van der Waals surface area contributed by atoms with Crippen LogP contribution in [-0.4, -0.2) is 27.5 Å². The summed E-state index contributed by atoms with van der Waals surface area (Å²) in [5, 5.41) is 7.83. The number of hydrogen-bond donors (Lipinski definition) is 0. The van der Waals surface area contributed by atoms with Crippen molar-refractivity contribution in [2.24, 2.45) is 0 Å². The zero-order valence-electron chi connectivity index (χ0n) is 11.0. The number of para-hydroxylation sites is 1. The molecule has 0 N–H and O–H groups in total. The molecule has 0 bridgehead atoms. The molecule has 1 heterocycles.